The van der Waals surface area contributed by atoms with Gasteiger partial charge in [-0.1, -0.05) is 24.6 Å². The molecule has 0 atom stereocenters. The van der Waals surface area contributed by atoms with Crippen LogP contribution in [0, 0.1) is 0 Å². The van der Waals surface area contributed by atoms with E-state index in [-0.39, 0.29) is 5.91 Å². The topological polar surface area (TPSA) is 54.9 Å². The van der Waals surface area contributed by atoms with Gasteiger partial charge in [-0.3, -0.25) is 4.79 Å². The summed E-state index contributed by atoms with van der Waals surface area (Å²) in [6.07, 6.45) is 0.718. The minimum absolute atomic E-state index is 0.260. The van der Waals surface area contributed by atoms with Crippen LogP contribution in [0.4, 0.5) is 5.82 Å². The number of carbonyl (C=O) groups excluding carboxylic acids is 1. The van der Waals surface area contributed by atoms with E-state index >= 15 is 0 Å². The lowest BCUT2D eigenvalue weighted by atomic mass is 10.2. The summed E-state index contributed by atoms with van der Waals surface area (Å²) in [6.45, 7) is 1.95. The maximum absolute atomic E-state index is 12.1. The van der Waals surface area contributed by atoms with E-state index < -0.39 is 0 Å². The second-order valence-electron chi connectivity index (χ2n) is 3.82. The Morgan fingerprint density at radius 1 is 1.37 bits per heavy atom. The van der Waals surface area contributed by atoms with Crippen molar-refractivity contribution in [2.45, 2.75) is 13.3 Å². The zero-order valence-electron chi connectivity index (χ0n) is 10.2. The number of hydrogen-bond acceptors (Lipinski definition) is 3. The van der Waals surface area contributed by atoms with Crippen LogP contribution in [0.2, 0.25) is 5.15 Å². The SMILES string of the molecule is CCc1cc(C(=O)Nc2cccc(Br)n2)cc(Cl)n1. The molecule has 0 unspecified atom stereocenters. The van der Waals surface area contributed by atoms with Crippen molar-refractivity contribution in [3.63, 3.8) is 0 Å². The maximum atomic E-state index is 12.1. The molecule has 0 saturated heterocycles. The van der Waals surface area contributed by atoms with E-state index in [1.165, 1.54) is 6.07 Å². The van der Waals surface area contributed by atoms with Crippen LogP contribution < -0.4 is 5.32 Å². The molecule has 0 radical (unpaired) electrons. The number of carbonyl (C=O) groups is 1. The molecule has 98 valence electrons. The van der Waals surface area contributed by atoms with Crippen LogP contribution in [0.1, 0.15) is 23.0 Å². The highest BCUT2D eigenvalue weighted by Crippen LogP contribution is 2.14. The molecule has 0 aliphatic rings. The van der Waals surface area contributed by atoms with Crippen LogP contribution in [0.5, 0.6) is 0 Å². The Hall–Kier alpha value is -1.46. The van der Waals surface area contributed by atoms with Gasteiger partial charge in [0.25, 0.3) is 5.91 Å². The van der Waals surface area contributed by atoms with E-state index in [0.29, 0.717) is 21.1 Å². The Labute approximate surface area is 124 Å². The smallest absolute Gasteiger partial charge is 0.256 e. The number of amides is 1. The standard InChI is InChI=1S/C13H11BrClN3O/c1-2-9-6-8(7-11(15)16-9)13(19)18-12-5-3-4-10(14)17-12/h3-7H,2H2,1H3,(H,17,18,19). The molecule has 19 heavy (non-hydrogen) atoms. The average molecular weight is 341 g/mol. The van der Waals surface area contributed by atoms with Crippen molar-refractivity contribution in [3.05, 3.63) is 51.3 Å². The highest BCUT2D eigenvalue weighted by Gasteiger charge is 2.10. The highest BCUT2D eigenvalue weighted by molar-refractivity contribution is 9.10. The third kappa shape index (κ3) is 3.75. The molecule has 0 aliphatic carbocycles. The van der Waals surface area contributed by atoms with Crippen LogP contribution in [-0.2, 0) is 6.42 Å². The largest absolute Gasteiger partial charge is 0.307 e. The van der Waals surface area contributed by atoms with Gasteiger partial charge in [0.05, 0.1) is 0 Å². The number of aromatic nitrogens is 2. The summed E-state index contributed by atoms with van der Waals surface area (Å²) in [5.41, 5.74) is 1.25. The number of aryl methyl sites for hydroxylation is 1. The summed E-state index contributed by atoms with van der Waals surface area (Å²) < 4.78 is 0.660. The quantitative estimate of drug-likeness (QED) is 0.867. The average Bonchev–Trinajstić information content (AvgIpc) is 2.38. The Morgan fingerprint density at radius 3 is 2.84 bits per heavy atom. The van der Waals surface area contributed by atoms with Crippen molar-refractivity contribution in [3.8, 4) is 0 Å². The van der Waals surface area contributed by atoms with Crippen LogP contribution in [0.25, 0.3) is 0 Å². The lowest BCUT2D eigenvalue weighted by molar-refractivity contribution is 0.102. The van der Waals surface area contributed by atoms with Crippen LogP contribution in [0.3, 0.4) is 0 Å². The zero-order chi connectivity index (χ0) is 13.8. The van der Waals surface area contributed by atoms with Gasteiger partial charge < -0.3 is 5.32 Å². The Balaban J connectivity index is 2.22. The summed E-state index contributed by atoms with van der Waals surface area (Å²) in [5, 5.41) is 3.02. The van der Waals surface area contributed by atoms with E-state index in [0.717, 1.165) is 12.1 Å². The molecule has 6 heteroatoms. The Bertz CT molecular complexity index is 619. The van der Waals surface area contributed by atoms with Gasteiger partial charge in [0.2, 0.25) is 0 Å². The minimum Gasteiger partial charge on any atom is -0.307 e. The first kappa shape index (κ1) is 14.0. The highest BCUT2D eigenvalue weighted by atomic mass is 79.9. The van der Waals surface area contributed by atoms with Gasteiger partial charge in [-0.25, -0.2) is 9.97 Å². The van der Waals surface area contributed by atoms with E-state index in [4.69, 9.17) is 11.6 Å². The summed E-state index contributed by atoms with van der Waals surface area (Å²) in [7, 11) is 0. The van der Waals surface area contributed by atoms with E-state index in [9.17, 15) is 4.79 Å². The van der Waals surface area contributed by atoms with Gasteiger partial charge in [-0.05, 0) is 46.6 Å². The van der Waals surface area contributed by atoms with E-state index in [1.807, 2.05) is 6.92 Å². The molecular formula is C13H11BrClN3O. The van der Waals surface area contributed by atoms with Crippen molar-refractivity contribution in [2.75, 3.05) is 5.32 Å². The first-order chi connectivity index (χ1) is 9.08. The molecule has 0 aromatic carbocycles. The monoisotopic (exact) mass is 339 g/mol. The first-order valence-corrected chi connectivity index (χ1v) is 6.86. The second kappa shape index (κ2) is 6.12. The number of nitrogens with one attached hydrogen (secondary N) is 1. The van der Waals surface area contributed by atoms with Gasteiger partial charge in [-0.15, -0.1) is 0 Å². The first-order valence-electron chi connectivity index (χ1n) is 5.69. The van der Waals surface area contributed by atoms with Gasteiger partial charge in [0.1, 0.15) is 15.6 Å². The summed E-state index contributed by atoms with van der Waals surface area (Å²) in [5.74, 6) is 0.218. The number of anilines is 1. The fourth-order valence-corrected chi connectivity index (χ4v) is 2.10. The Morgan fingerprint density at radius 2 is 2.16 bits per heavy atom. The van der Waals surface area contributed by atoms with Crippen molar-refractivity contribution in [1.29, 1.82) is 0 Å². The van der Waals surface area contributed by atoms with E-state index in [1.54, 1.807) is 24.3 Å². The molecule has 4 nitrogen and oxygen atoms in total. The van der Waals surface area contributed by atoms with Crippen molar-refractivity contribution >= 4 is 39.3 Å². The van der Waals surface area contributed by atoms with E-state index in [2.05, 4.69) is 31.2 Å². The molecule has 0 spiro atoms. The molecule has 2 aromatic rings. The number of halogens is 2. The summed E-state index contributed by atoms with van der Waals surface area (Å²) in [4.78, 5) is 20.4. The number of hydrogen-bond donors (Lipinski definition) is 1. The molecule has 0 bridgehead atoms. The lowest BCUT2D eigenvalue weighted by Crippen LogP contribution is -2.13. The third-order valence-electron chi connectivity index (χ3n) is 2.43. The molecule has 0 aliphatic heterocycles. The molecule has 0 fully saturated rings. The van der Waals surface area contributed by atoms with Gasteiger partial charge >= 0.3 is 0 Å². The number of rotatable bonds is 3. The molecule has 1 N–H and O–H groups in total. The maximum Gasteiger partial charge on any atom is 0.256 e. The van der Waals surface area contributed by atoms with Crippen molar-refractivity contribution in [1.82, 2.24) is 9.97 Å². The van der Waals surface area contributed by atoms with Crippen LogP contribution in [-0.4, -0.2) is 15.9 Å². The predicted octanol–water partition coefficient (Wildman–Crippen LogP) is 3.71. The molecule has 1 amide bonds. The van der Waals surface area contributed by atoms with Crippen LogP contribution >= 0.6 is 27.5 Å². The van der Waals surface area contributed by atoms with Gasteiger partial charge in [-0.2, -0.15) is 0 Å². The van der Waals surface area contributed by atoms with Crippen molar-refractivity contribution < 1.29 is 4.79 Å². The van der Waals surface area contributed by atoms with Crippen molar-refractivity contribution in [2.24, 2.45) is 0 Å². The fraction of sp³-hybridized carbons (Fsp3) is 0.154. The molecule has 2 aromatic heterocycles. The third-order valence-corrected chi connectivity index (χ3v) is 3.06. The summed E-state index contributed by atoms with van der Waals surface area (Å²) in [6, 6.07) is 8.55. The molecule has 0 saturated carbocycles. The fourth-order valence-electron chi connectivity index (χ4n) is 1.53. The zero-order valence-corrected chi connectivity index (χ0v) is 12.5. The van der Waals surface area contributed by atoms with Gasteiger partial charge in [0.15, 0.2) is 0 Å². The predicted molar refractivity (Wildman–Crippen MR) is 78.5 cm³/mol. The lowest BCUT2D eigenvalue weighted by Gasteiger charge is -2.06. The number of nitrogens with zero attached hydrogens (tertiary/aromatic N) is 2. The molecular weight excluding hydrogens is 330 g/mol. The number of pyridine rings is 2. The summed E-state index contributed by atoms with van der Waals surface area (Å²) >= 11 is 9.14. The van der Waals surface area contributed by atoms with Crippen LogP contribution in [0.15, 0.2) is 34.9 Å². The Kier molecular flexibility index (Phi) is 4.50. The van der Waals surface area contributed by atoms with Gasteiger partial charge in [0, 0.05) is 11.3 Å². The molecule has 2 heterocycles. The normalized spacial score (nSPS) is 10.3. The minimum atomic E-state index is -0.260. The second-order valence-corrected chi connectivity index (χ2v) is 5.02. The molecule has 2 rings (SSSR count).